The Morgan fingerprint density at radius 1 is 1.00 bits per heavy atom. The molecule has 2 N–H and O–H groups in total. The lowest BCUT2D eigenvalue weighted by molar-refractivity contribution is -0.115. The van der Waals surface area contributed by atoms with Crippen molar-refractivity contribution in [2.24, 2.45) is 0 Å². The molecule has 4 aromatic rings. The predicted octanol–water partition coefficient (Wildman–Crippen LogP) is 2.90. The molecule has 0 radical (unpaired) electrons. The monoisotopic (exact) mass is 518 g/mol. The van der Waals surface area contributed by atoms with Crippen molar-refractivity contribution in [3.63, 3.8) is 0 Å². The largest absolute Gasteiger partial charge is 0.495 e. The lowest BCUT2D eigenvalue weighted by atomic mass is 10.0. The van der Waals surface area contributed by atoms with Crippen LogP contribution >= 0.6 is 0 Å². The third-order valence-electron chi connectivity index (χ3n) is 6.57. The van der Waals surface area contributed by atoms with Crippen molar-refractivity contribution in [2.45, 2.75) is 24.2 Å². The molecule has 3 aromatic carbocycles. The molecule has 1 amide bonds. The highest BCUT2D eigenvalue weighted by Gasteiger charge is 2.27. The highest BCUT2D eigenvalue weighted by molar-refractivity contribution is 7.89. The number of hydrogen-bond donors (Lipinski definition) is 2. The Morgan fingerprint density at radius 3 is 2.32 bits per heavy atom. The van der Waals surface area contributed by atoms with Crippen LogP contribution in [0, 0.1) is 0 Å². The summed E-state index contributed by atoms with van der Waals surface area (Å²) in [5.74, 6) is -0.0994. The molecule has 1 aliphatic rings. The van der Waals surface area contributed by atoms with Crippen molar-refractivity contribution in [3.05, 3.63) is 93.9 Å². The van der Waals surface area contributed by atoms with Crippen LogP contribution < -0.4 is 15.6 Å². The minimum atomic E-state index is -3.80. The molecule has 0 atom stereocenters. The van der Waals surface area contributed by atoms with E-state index in [4.69, 9.17) is 4.74 Å². The number of carbonyl (C=O) groups is 1. The van der Waals surface area contributed by atoms with Crippen LogP contribution in [-0.2, 0) is 34.1 Å². The summed E-state index contributed by atoms with van der Waals surface area (Å²) in [4.78, 5) is 25.1. The molecular weight excluding hydrogens is 492 g/mol. The van der Waals surface area contributed by atoms with Crippen molar-refractivity contribution in [3.8, 4) is 5.75 Å². The normalized spacial score (nSPS) is 14.1. The van der Waals surface area contributed by atoms with Crippen LogP contribution in [-0.4, -0.2) is 49.0 Å². The van der Waals surface area contributed by atoms with Crippen LogP contribution in [0.5, 0.6) is 5.75 Å². The number of nitrogens with zero attached hydrogens (tertiary/aromatic N) is 2. The maximum Gasteiger partial charge on any atom is 0.272 e. The van der Waals surface area contributed by atoms with E-state index >= 15 is 0 Å². The number of benzene rings is 3. The van der Waals surface area contributed by atoms with E-state index in [2.05, 4.69) is 15.5 Å². The zero-order valence-electron chi connectivity index (χ0n) is 20.2. The molecule has 1 aromatic heterocycles. The number of rotatable bonds is 6. The number of aromatic amines is 1. The van der Waals surface area contributed by atoms with E-state index in [1.165, 1.54) is 29.6 Å². The smallest absolute Gasteiger partial charge is 0.272 e. The van der Waals surface area contributed by atoms with Crippen LogP contribution in [0.1, 0.15) is 16.8 Å². The number of amides is 1. The average molecular weight is 519 g/mol. The SMILES string of the molecule is COc1ccc(S(=O)(=O)N2CCc3ccccc3CC2)cc1NC(=O)Cc1n[nH]c(=O)c2ccccc12. The van der Waals surface area contributed by atoms with Gasteiger partial charge in [-0.25, -0.2) is 13.5 Å². The van der Waals surface area contributed by atoms with Gasteiger partial charge < -0.3 is 10.1 Å². The van der Waals surface area contributed by atoms with Crippen molar-refractivity contribution in [1.29, 1.82) is 0 Å². The van der Waals surface area contributed by atoms with Crippen LogP contribution in [0.4, 0.5) is 5.69 Å². The number of aromatic nitrogens is 2. The minimum absolute atomic E-state index is 0.0715. The third kappa shape index (κ3) is 4.98. The molecule has 10 heteroatoms. The summed E-state index contributed by atoms with van der Waals surface area (Å²) >= 11 is 0. The van der Waals surface area contributed by atoms with E-state index in [1.54, 1.807) is 24.3 Å². The second kappa shape index (κ2) is 10.2. The summed E-state index contributed by atoms with van der Waals surface area (Å²) in [6.07, 6.45) is 1.15. The average Bonchev–Trinajstić information content (AvgIpc) is 3.14. The van der Waals surface area contributed by atoms with E-state index in [0.29, 0.717) is 48.1 Å². The number of methoxy groups -OCH3 is 1. The van der Waals surface area contributed by atoms with Crippen LogP contribution in [0.15, 0.2) is 76.4 Å². The summed E-state index contributed by atoms with van der Waals surface area (Å²) in [6.45, 7) is 0.746. The van der Waals surface area contributed by atoms with Gasteiger partial charge in [0, 0.05) is 18.5 Å². The van der Waals surface area contributed by atoms with Gasteiger partial charge in [0.2, 0.25) is 15.9 Å². The molecule has 0 unspecified atom stereocenters. The Morgan fingerprint density at radius 2 is 1.65 bits per heavy atom. The number of anilines is 1. The Labute approximate surface area is 214 Å². The maximum atomic E-state index is 13.5. The first-order chi connectivity index (χ1) is 17.9. The molecule has 37 heavy (non-hydrogen) atoms. The fourth-order valence-corrected chi connectivity index (χ4v) is 6.10. The molecule has 1 aliphatic heterocycles. The lowest BCUT2D eigenvalue weighted by Gasteiger charge is -2.21. The van der Waals surface area contributed by atoms with Gasteiger partial charge in [-0.15, -0.1) is 0 Å². The fourth-order valence-electron chi connectivity index (χ4n) is 4.63. The molecular formula is C27H26N4O5S. The van der Waals surface area contributed by atoms with Gasteiger partial charge in [-0.2, -0.15) is 9.40 Å². The fraction of sp³-hybridized carbons (Fsp3) is 0.222. The Bertz CT molecular complexity index is 1620. The van der Waals surface area contributed by atoms with Crippen LogP contribution in [0.3, 0.4) is 0 Å². The van der Waals surface area contributed by atoms with E-state index in [0.717, 1.165) is 11.1 Å². The molecule has 5 rings (SSSR count). The van der Waals surface area contributed by atoms with Crippen molar-refractivity contribution in [1.82, 2.24) is 14.5 Å². The number of hydrogen-bond acceptors (Lipinski definition) is 6. The molecule has 0 bridgehead atoms. The maximum absolute atomic E-state index is 13.5. The standard InChI is InChI=1S/C27H26N4O5S/c1-36-25-11-10-20(37(34,35)31-14-12-18-6-2-3-7-19(18)13-15-31)16-24(25)28-26(32)17-23-21-8-4-5-9-22(21)27(33)30-29-23/h2-11,16H,12-15,17H2,1H3,(H,28,32)(H,30,33). The highest BCUT2D eigenvalue weighted by Crippen LogP contribution is 2.30. The molecule has 0 fully saturated rings. The Balaban J connectivity index is 1.38. The van der Waals surface area contributed by atoms with Crippen molar-refractivity contribution in [2.75, 3.05) is 25.5 Å². The van der Waals surface area contributed by atoms with Gasteiger partial charge in [0.1, 0.15) is 5.75 Å². The van der Waals surface area contributed by atoms with Gasteiger partial charge in [-0.3, -0.25) is 9.59 Å². The van der Waals surface area contributed by atoms with Gasteiger partial charge in [0.05, 0.1) is 35.2 Å². The summed E-state index contributed by atoms with van der Waals surface area (Å²) in [6, 6.07) is 19.3. The summed E-state index contributed by atoms with van der Waals surface area (Å²) in [5.41, 5.74) is 2.62. The van der Waals surface area contributed by atoms with E-state index in [1.807, 2.05) is 24.3 Å². The van der Waals surface area contributed by atoms with Crippen molar-refractivity contribution >= 4 is 32.4 Å². The third-order valence-corrected chi connectivity index (χ3v) is 8.46. The quantitative estimate of drug-likeness (QED) is 0.405. The molecule has 0 spiro atoms. The summed E-state index contributed by atoms with van der Waals surface area (Å²) in [7, 11) is -2.36. The van der Waals surface area contributed by atoms with Crippen LogP contribution in [0.2, 0.25) is 0 Å². The number of fused-ring (bicyclic) bond motifs is 2. The molecule has 0 aliphatic carbocycles. The zero-order valence-corrected chi connectivity index (χ0v) is 21.0. The lowest BCUT2D eigenvalue weighted by Crippen LogP contribution is -2.33. The second-order valence-corrected chi connectivity index (χ2v) is 10.7. The van der Waals surface area contributed by atoms with Gasteiger partial charge in [0.25, 0.3) is 5.56 Å². The van der Waals surface area contributed by atoms with E-state index < -0.39 is 15.9 Å². The minimum Gasteiger partial charge on any atom is -0.495 e. The highest BCUT2D eigenvalue weighted by atomic mass is 32.2. The number of sulfonamides is 1. The van der Waals surface area contributed by atoms with Gasteiger partial charge in [-0.05, 0) is 48.2 Å². The molecule has 9 nitrogen and oxygen atoms in total. The molecule has 0 saturated heterocycles. The van der Waals surface area contributed by atoms with Crippen LogP contribution in [0.25, 0.3) is 10.8 Å². The number of carbonyl (C=O) groups excluding carboxylic acids is 1. The number of ether oxygens (including phenoxy) is 1. The predicted molar refractivity (Wildman–Crippen MR) is 140 cm³/mol. The molecule has 0 saturated carbocycles. The summed E-state index contributed by atoms with van der Waals surface area (Å²) < 4.78 is 33.9. The van der Waals surface area contributed by atoms with Crippen molar-refractivity contribution < 1.29 is 17.9 Å². The van der Waals surface area contributed by atoms with Gasteiger partial charge in [-0.1, -0.05) is 42.5 Å². The molecule has 2 heterocycles. The van der Waals surface area contributed by atoms with E-state index in [-0.39, 0.29) is 22.6 Å². The topological polar surface area (TPSA) is 121 Å². The second-order valence-electron chi connectivity index (χ2n) is 8.80. The Kier molecular flexibility index (Phi) is 6.77. The summed E-state index contributed by atoms with van der Waals surface area (Å²) in [5, 5.41) is 10.2. The Hall–Kier alpha value is -4.02. The van der Waals surface area contributed by atoms with E-state index in [9.17, 15) is 18.0 Å². The molecule has 190 valence electrons. The number of H-pyrrole nitrogens is 1. The van der Waals surface area contributed by atoms with Gasteiger partial charge >= 0.3 is 0 Å². The van der Waals surface area contributed by atoms with Gasteiger partial charge in [0.15, 0.2) is 0 Å². The first kappa shape index (κ1) is 24.7. The first-order valence-corrected chi connectivity index (χ1v) is 13.3. The number of nitrogens with one attached hydrogen (secondary N) is 2. The zero-order chi connectivity index (χ0) is 26.0. The first-order valence-electron chi connectivity index (χ1n) is 11.9.